The second-order valence-electron chi connectivity index (χ2n) is 14.0. The topological polar surface area (TPSA) is 44.1 Å². The summed E-state index contributed by atoms with van der Waals surface area (Å²) in [5.74, 6) is 1.53. The number of imidazole rings is 1. The molecular weight excluding hydrogens is 552 g/mol. The van der Waals surface area contributed by atoms with Gasteiger partial charge in [-0.3, -0.25) is 4.57 Å². The van der Waals surface area contributed by atoms with E-state index in [2.05, 4.69) is 126 Å². The number of nitrogens with zero attached hydrogens (tertiary/aromatic N) is 2. The van der Waals surface area contributed by atoms with Gasteiger partial charge in [0.1, 0.15) is 28.2 Å². The van der Waals surface area contributed by atoms with Crippen LogP contribution in [0.5, 0.6) is 0 Å². The Labute approximate surface area is 263 Å². The van der Waals surface area contributed by atoms with E-state index in [0.717, 1.165) is 66.3 Å². The van der Waals surface area contributed by atoms with E-state index in [-0.39, 0.29) is 5.41 Å². The standard InChI is InChI=1S/C41H38N2O2/c1-23(2)29-19-25(41(5,6)7)20-30(24(3)4)38(29)43-34-17-10-9-16-33(34)42-40(43)28-15-12-14-27-32-22-36-31(21-37(32)45-39(27)28)26-13-8-11-18-35(26)44-36/h8-24H,1-7H3. The predicted octanol–water partition coefficient (Wildman–Crippen LogP) is 12.0. The highest BCUT2D eigenvalue weighted by molar-refractivity contribution is 6.16. The van der Waals surface area contributed by atoms with Gasteiger partial charge in [0.15, 0.2) is 0 Å². The van der Waals surface area contributed by atoms with Crippen molar-refractivity contribution in [2.75, 3.05) is 0 Å². The maximum absolute atomic E-state index is 6.78. The van der Waals surface area contributed by atoms with E-state index in [4.69, 9.17) is 13.8 Å². The molecule has 0 saturated carbocycles. The van der Waals surface area contributed by atoms with Crippen molar-refractivity contribution in [3.05, 3.63) is 108 Å². The summed E-state index contributed by atoms with van der Waals surface area (Å²) in [6, 6.07) is 32.2. The van der Waals surface area contributed by atoms with Gasteiger partial charge in [-0.25, -0.2) is 4.98 Å². The molecule has 0 fully saturated rings. The Morgan fingerprint density at radius 1 is 0.622 bits per heavy atom. The van der Waals surface area contributed by atoms with Crippen molar-refractivity contribution >= 4 is 54.9 Å². The zero-order chi connectivity index (χ0) is 31.2. The zero-order valence-electron chi connectivity index (χ0n) is 27.0. The summed E-state index contributed by atoms with van der Waals surface area (Å²) in [7, 11) is 0. The first-order chi connectivity index (χ1) is 21.6. The Kier molecular flexibility index (Phi) is 6.05. The first-order valence-corrected chi connectivity index (χ1v) is 16.0. The fourth-order valence-corrected chi connectivity index (χ4v) is 6.88. The van der Waals surface area contributed by atoms with Gasteiger partial charge in [-0.2, -0.15) is 0 Å². The molecule has 8 rings (SSSR count). The van der Waals surface area contributed by atoms with Crippen LogP contribution in [0.2, 0.25) is 0 Å². The van der Waals surface area contributed by atoms with Crippen LogP contribution in [-0.2, 0) is 5.41 Å². The number of aromatic nitrogens is 2. The Morgan fingerprint density at radius 3 is 1.96 bits per heavy atom. The van der Waals surface area contributed by atoms with Crippen LogP contribution >= 0.6 is 0 Å². The smallest absolute Gasteiger partial charge is 0.149 e. The molecule has 0 aliphatic heterocycles. The normalized spacial score (nSPS) is 12.7. The van der Waals surface area contributed by atoms with Crippen molar-refractivity contribution in [2.24, 2.45) is 0 Å². The van der Waals surface area contributed by atoms with Crippen LogP contribution in [0.1, 0.15) is 77.0 Å². The molecule has 5 aromatic carbocycles. The minimum absolute atomic E-state index is 0.0377. The van der Waals surface area contributed by atoms with Crippen molar-refractivity contribution in [3.8, 4) is 17.1 Å². The fraction of sp³-hybridized carbons (Fsp3) is 0.244. The summed E-state index contributed by atoms with van der Waals surface area (Å²) in [5, 5.41) is 4.26. The largest absolute Gasteiger partial charge is 0.456 e. The fourth-order valence-electron chi connectivity index (χ4n) is 6.88. The molecule has 0 spiro atoms. The van der Waals surface area contributed by atoms with Crippen molar-refractivity contribution in [3.63, 3.8) is 0 Å². The van der Waals surface area contributed by atoms with Crippen LogP contribution in [0.15, 0.2) is 99.8 Å². The van der Waals surface area contributed by atoms with Crippen LogP contribution in [-0.4, -0.2) is 9.55 Å². The average Bonchev–Trinajstić information content (AvgIpc) is 3.69. The molecule has 0 aliphatic carbocycles. The molecule has 224 valence electrons. The predicted molar refractivity (Wildman–Crippen MR) is 188 cm³/mol. The third kappa shape index (κ3) is 4.23. The Bertz CT molecular complexity index is 2400. The van der Waals surface area contributed by atoms with Crippen LogP contribution < -0.4 is 0 Å². The number of rotatable bonds is 4. The quantitative estimate of drug-likeness (QED) is 0.205. The van der Waals surface area contributed by atoms with E-state index >= 15 is 0 Å². The van der Waals surface area contributed by atoms with Gasteiger partial charge in [0.05, 0.1) is 22.3 Å². The van der Waals surface area contributed by atoms with Gasteiger partial charge in [-0.05, 0) is 70.3 Å². The lowest BCUT2D eigenvalue weighted by molar-refractivity contribution is 0.586. The van der Waals surface area contributed by atoms with Crippen molar-refractivity contribution in [1.82, 2.24) is 9.55 Å². The van der Waals surface area contributed by atoms with E-state index < -0.39 is 0 Å². The van der Waals surface area contributed by atoms with E-state index in [9.17, 15) is 0 Å². The molecule has 0 atom stereocenters. The van der Waals surface area contributed by atoms with Crippen molar-refractivity contribution < 1.29 is 8.83 Å². The SMILES string of the molecule is CC(C)c1cc(C(C)(C)C)cc(C(C)C)c1-n1c(-c2cccc3c2oc2cc4c(cc23)oc2ccccc24)nc2ccccc21. The lowest BCUT2D eigenvalue weighted by Gasteiger charge is -2.28. The Morgan fingerprint density at radius 2 is 1.24 bits per heavy atom. The monoisotopic (exact) mass is 590 g/mol. The number of para-hydroxylation sites is 4. The summed E-state index contributed by atoms with van der Waals surface area (Å²) in [6.45, 7) is 16.1. The average molecular weight is 591 g/mol. The molecule has 0 N–H and O–H groups in total. The summed E-state index contributed by atoms with van der Waals surface area (Å²) >= 11 is 0. The van der Waals surface area contributed by atoms with Crippen LogP contribution in [0.3, 0.4) is 0 Å². The molecule has 0 saturated heterocycles. The lowest BCUT2D eigenvalue weighted by Crippen LogP contribution is -2.16. The highest BCUT2D eigenvalue weighted by Gasteiger charge is 2.27. The number of hydrogen-bond acceptors (Lipinski definition) is 3. The minimum atomic E-state index is 0.0377. The van der Waals surface area contributed by atoms with E-state index in [1.807, 2.05) is 18.2 Å². The number of hydrogen-bond donors (Lipinski definition) is 0. The molecule has 0 bridgehead atoms. The molecular formula is C41H38N2O2. The molecule has 0 amide bonds. The third-order valence-corrected chi connectivity index (χ3v) is 9.30. The van der Waals surface area contributed by atoms with Gasteiger partial charge in [0, 0.05) is 21.5 Å². The van der Waals surface area contributed by atoms with Gasteiger partial charge in [-0.1, -0.05) is 103 Å². The molecule has 4 heteroatoms. The Hall–Kier alpha value is -4.83. The molecule has 0 aliphatic rings. The molecule has 45 heavy (non-hydrogen) atoms. The second kappa shape index (κ2) is 9.84. The lowest BCUT2D eigenvalue weighted by atomic mass is 9.81. The van der Waals surface area contributed by atoms with E-state index in [1.54, 1.807) is 0 Å². The van der Waals surface area contributed by atoms with E-state index in [1.165, 1.54) is 22.4 Å². The van der Waals surface area contributed by atoms with Gasteiger partial charge >= 0.3 is 0 Å². The summed E-state index contributed by atoms with van der Waals surface area (Å²) in [4.78, 5) is 5.32. The molecule has 0 unspecified atom stereocenters. The zero-order valence-corrected chi connectivity index (χ0v) is 27.0. The number of fused-ring (bicyclic) bond motifs is 7. The number of furan rings is 2. The number of benzene rings is 5. The first kappa shape index (κ1) is 27.7. The minimum Gasteiger partial charge on any atom is -0.456 e. The van der Waals surface area contributed by atoms with Gasteiger partial charge in [0.25, 0.3) is 0 Å². The van der Waals surface area contributed by atoms with Crippen LogP contribution in [0.4, 0.5) is 0 Å². The van der Waals surface area contributed by atoms with Crippen molar-refractivity contribution in [2.45, 2.75) is 65.7 Å². The highest BCUT2D eigenvalue weighted by Crippen LogP contribution is 2.43. The van der Waals surface area contributed by atoms with Gasteiger partial charge in [0.2, 0.25) is 0 Å². The van der Waals surface area contributed by atoms with Crippen LogP contribution in [0.25, 0.3) is 72.0 Å². The molecule has 8 aromatic rings. The van der Waals surface area contributed by atoms with Crippen molar-refractivity contribution in [1.29, 1.82) is 0 Å². The first-order valence-electron chi connectivity index (χ1n) is 16.0. The second-order valence-corrected chi connectivity index (χ2v) is 14.0. The maximum atomic E-state index is 6.78. The van der Waals surface area contributed by atoms with Gasteiger partial charge in [-0.15, -0.1) is 0 Å². The third-order valence-electron chi connectivity index (χ3n) is 9.30. The van der Waals surface area contributed by atoms with Crippen LogP contribution in [0, 0.1) is 0 Å². The maximum Gasteiger partial charge on any atom is 0.149 e. The Balaban J connectivity index is 1.46. The van der Waals surface area contributed by atoms with E-state index in [0.29, 0.717) is 11.8 Å². The molecule has 4 nitrogen and oxygen atoms in total. The molecule has 3 heterocycles. The van der Waals surface area contributed by atoms with Gasteiger partial charge < -0.3 is 8.83 Å². The highest BCUT2D eigenvalue weighted by atomic mass is 16.3. The summed E-state index contributed by atoms with van der Waals surface area (Å²) in [5.41, 5.74) is 11.8. The summed E-state index contributed by atoms with van der Waals surface area (Å²) < 4.78 is 15.4. The molecule has 0 radical (unpaired) electrons. The molecule has 3 aromatic heterocycles. The summed E-state index contributed by atoms with van der Waals surface area (Å²) in [6.07, 6.45) is 0.